The molecule has 25 heavy (non-hydrogen) atoms. The standard InChI is InChI=1S/C17H21N3O4S/c18-11-6-2-1-5-10(11)16(22)24-14(21)8-4-3-7-13-15-12(9-25-13)19-17(23)20-15/h1-2,5-6,12-13,15H,3-4,7-9,18H2,(H2,19,20,23)/t12-,13-,15-/m0/s1. The zero-order chi connectivity index (χ0) is 17.8. The molecule has 3 rings (SSSR count). The Morgan fingerprint density at radius 2 is 2.04 bits per heavy atom. The third kappa shape index (κ3) is 4.25. The smallest absolute Gasteiger partial charge is 0.347 e. The number of para-hydroxylation sites is 1. The Morgan fingerprint density at radius 3 is 2.84 bits per heavy atom. The summed E-state index contributed by atoms with van der Waals surface area (Å²) >= 11 is 1.84. The lowest BCUT2D eigenvalue weighted by molar-refractivity contribution is -0.138. The van der Waals surface area contributed by atoms with Crippen molar-refractivity contribution in [1.82, 2.24) is 10.6 Å². The molecular weight excluding hydrogens is 342 g/mol. The van der Waals surface area contributed by atoms with E-state index in [4.69, 9.17) is 10.5 Å². The van der Waals surface area contributed by atoms with Crippen molar-refractivity contribution in [1.29, 1.82) is 0 Å². The lowest BCUT2D eigenvalue weighted by Gasteiger charge is -2.16. The van der Waals surface area contributed by atoms with Crippen LogP contribution in [0.25, 0.3) is 0 Å². The van der Waals surface area contributed by atoms with Gasteiger partial charge in [0.2, 0.25) is 0 Å². The molecule has 0 radical (unpaired) electrons. The molecule has 0 bridgehead atoms. The molecule has 8 heteroatoms. The number of carbonyl (C=O) groups is 3. The van der Waals surface area contributed by atoms with Gasteiger partial charge in [-0.3, -0.25) is 4.79 Å². The number of esters is 2. The Bertz CT molecular complexity index is 682. The van der Waals surface area contributed by atoms with E-state index in [0.29, 0.717) is 17.4 Å². The zero-order valence-electron chi connectivity index (χ0n) is 13.7. The number of anilines is 1. The van der Waals surface area contributed by atoms with Crippen LogP contribution in [-0.4, -0.2) is 41.1 Å². The summed E-state index contributed by atoms with van der Waals surface area (Å²) < 4.78 is 4.84. The van der Waals surface area contributed by atoms with Crippen LogP contribution in [0.5, 0.6) is 0 Å². The van der Waals surface area contributed by atoms with Crippen LogP contribution in [0.1, 0.15) is 36.0 Å². The minimum atomic E-state index is -0.711. The molecule has 1 aromatic carbocycles. The molecule has 134 valence electrons. The summed E-state index contributed by atoms with van der Waals surface area (Å²) in [7, 11) is 0. The molecule has 2 aliphatic heterocycles. The minimum Gasteiger partial charge on any atom is -0.398 e. The summed E-state index contributed by atoms with van der Waals surface area (Å²) in [6, 6.07) is 6.78. The van der Waals surface area contributed by atoms with Crippen molar-refractivity contribution in [2.75, 3.05) is 11.5 Å². The first-order valence-electron chi connectivity index (χ1n) is 8.33. The molecule has 0 aromatic heterocycles. The fraction of sp³-hybridized carbons (Fsp3) is 0.471. The molecule has 2 aliphatic rings. The molecule has 0 aliphatic carbocycles. The van der Waals surface area contributed by atoms with Gasteiger partial charge in [-0.05, 0) is 25.0 Å². The van der Waals surface area contributed by atoms with Crippen molar-refractivity contribution in [3.63, 3.8) is 0 Å². The van der Waals surface area contributed by atoms with Gasteiger partial charge in [-0.1, -0.05) is 18.6 Å². The number of urea groups is 1. The van der Waals surface area contributed by atoms with E-state index in [1.807, 2.05) is 11.8 Å². The molecule has 0 unspecified atom stereocenters. The molecule has 0 saturated carbocycles. The topological polar surface area (TPSA) is 111 Å². The number of carbonyl (C=O) groups excluding carboxylic acids is 3. The predicted molar refractivity (Wildman–Crippen MR) is 95.2 cm³/mol. The van der Waals surface area contributed by atoms with Gasteiger partial charge in [0.05, 0.1) is 17.6 Å². The van der Waals surface area contributed by atoms with E-state index in [2.05, 4.69) is 10.6 Å². The first kappa shape index (κ1) is 17.6. The number of nitrogens with one attached hydrogen (secondary N) is 2. The van der Waals surface area contributed by atoms with Crippen LogP contribution in [0, 0.1) is 0 Å². The number of hydrogen-bond acceptors (Lipinski definition) is 6. The van der Waals surface area contributed by atoms with Crippen molar-refractivity contribution in [3.8, 4) is 0 Å². The fourth-order valence-corrected chi connectivity index (χ4v) is 4.69. The summed E-state index contributed by atoms with van der Waals surface area (Å²) in [5, 5.41) is 6.22. The fourth-order valence-electron chi connectivity index (χ4n) is 3.15. The number of thioether (sulfide) groups is 1. The quantitative estimate of drug-likeness (QED) is 0.233. The van der Waals surface area contributed by atoms with E-state index < -0.39 is 11.9 Å². The summed E-state index contributed by atoms with van der Waals surface area (Å²) in [4.78, 5) is 35.0. The Hall–Kier alpha value is -2.22. The van der Waals surface area contributed by atoms with Crippen LogP contribution in [0.3, 0.4) is 0 Å². The predicted octanol–water partition coefficient (Wildman–Crippen LogP) is 1.68. The first-order valence-corrected chi connectivity index (χ1v) is 9.37. The first-order chi connectivity index (χ1) is 12.0. The van der Waals surface area contributed by atoms with Gasteiger partial charge in [0.15, 0.2) is 0 Å². The molecule has 3 atom stereocenters. The number of nitrogen functional groups attached to an aromatic ring is 1. The number of nitrogens with two attached hydrogens (primary N) is 1. The molecule has 7 nitrogen and oxygen atoms in total. The van der Waals surface area contributed by atoms with Crippen LogP contribution in [-0.2, 0) is 9.53 Å². The Morgan fingerprint density at radius 1 is 1.24 bits per heavy atom. The number of hydrogen-bond donors (Lipinski definition) is 3. The Labute approximate surface area is 150 Å². The lowest BCUT2D eigenvalue weighted by atomic mass is 10.0. The molecule has 0 spiro atoms. The summed E-state index contributed by atoms with van der Waals surface area (Å²) in [5.41, 5.74) is 6.19. The number of ether oxygens (including phenoxy) is 1. The van der Waals surface area contributed by atoms with Gasteiger partial charge in [-0.2, -0.15) is 11.8 Å². The van der Waals surface area contributed by atoms with Gasteiger partial charge in [0, 0.05) is 23.1 Å². The van der Waals surface area contributed by atoms with Gasteiger partial charge < -0.3 is 21.1 Å². The number of unbranched alkanes of at least 4 members (excludes halogenated alkanes) is 1. The van der Waals surface area contributed by atoms with Gasteiger partial charge in [-0.15, -0.1) is 0 Å². The average Bonchev–Trinajstić information content (AvgIpc) is 3.11. The molecule has 2 saturated heterocycles. The van der Waals surface area contributed by atoms with E-state index in [1.165, 1.54) is 6.07 Å². The molecule has 1 aromatic rings. The summed E-state index contributed by atoms with van der Waals surface area (Å²) in [5.74, 6) is -0.332. The second-order valence-corrected chi connectivity index (χ2v) is 7.49. The number of amides is 2. The van der Waals surface area contributed by atoms with Gasteiger partial charge >= 0.3 is 18.0 Å². The number of rotatable bonds is 6. The second kappa shape index (κ2) is 7.77. The van der Waals surface area contributed by atoms with Crippen LogP contribution >= 0.6 is 11.8 Å². The van der Waals surface area contributed by atoms with E-state index in [0.717, 1.165) is 18.6 Å². The highest BCUT2D eigenvalue weighted by Crippen LogP contribution is 2.33. The van der Waals surface area contributed by atoms with Crippen LogP contribution < -0.4 is 16.4 Å². The molecule has 2 amide bonds. The van der Waals surface area contributed by atoms with Crippen molar-refractivity contribution in [2.24, 2.45) is 0 Å². The van der Waals surface area contributed by atoms with Gasteiger partial charge in [-0.25, -0.2) is 9.59 Å². The van der Waals surface area contributed by atoms with Crippen molar-refractivity contribution in [3.05, 3.63) is 29.8 Å². The summed E-state index contributed by atoms with van der Waals surface area (Å²) in [6.45, 7) is 0. The highest BCUT2D eigenvalue weighted by atomic mass is 32.2. The molecule has 4 N–H and O–H groups in total. The van der Waals surface area contributed by atoms with Gasteiger partial charge in [0.1, 0.15) is 0 Å². The van der Waals surface area contributed by atoms with Gasteiger partial charge in [0.25, 0.3) is 0 Å². The summed E-state index contributed by atoms with van der Waals surface area (Å²) in [6.07, 6.45) is 2.59. The third-order valence-electron chi connectivity index (χ3n) is 4.44. The van der Waals surface area contributed by atoms with E-state index in [9.17, 15) is 14.4 Å². The van der Waals surface area contributed by atoms with E-state index in [1.54, 1.807) is 18.2 Å². The number of benzene rings is 1. The maximum atomic E-state index is 11.9. The lowest BCUT2D eigenvalue weighted by Crippen LogP contribution is -2.36. The van der Waals surface area contributed by atoms with Crippen LogP contribution in [0.2, 0.25) is 0 Å². The molecule has 2 fully saturated rings. The van der Waals surface area contributed by atoms with E-state index >= 15 is 0 Å². The van der Waals surface area contributed by atoms with E-state index in [-0.39, 0.29) is 30.1 Å². The van der Waals surface area contributed by atoms with Crippen molar-refractivity contribution >= 4 is 35.4 Å². The average molecular weight is 363 g/mol. The largest absolute Gasteiger partial charge is 0.398 e. The Kier molecular flexibility index (Phi) is 5.47. The van der Waals surface area contributed by atoms with Crippen molar-refractivity contribution < 1.29 is 19.1 Å². The minimum absolute atomic E-state index is 0.0948. The highest BCUT2D eigenvalue weighted by molar-refractivity contribution is 8.00. The zero-order valence-corrected chi connectivity index (χ0v) is 14.5. The maximum Gasteiger partial charge on any atom is 0.347 e. The normalized spacial score (nSPS) is 24.3. The molecular formula is C17H21N3O4S. The van der Waals surface area contributed by atoms with Crippen LogP contribution in [0.15, 0.2) is 24.3 Å². The monoisotopic (exact) mass is 363 g/mol. The van der Waals surface area contributed by atoms with Crippen LogP contribution in [0.4, 0.5) is 10.5 Å². The Balaban J connectivity index is 1.36. The molecule has 2 heterocycles. The SMILES string of the molecule is Nc1ccccc1C(=O)OC(=O)CCCC[C@@H]1SC[C@@H]2NC(=O)N[C@@H]21. The second-order valence-electron chi connectivity index (χ2n) is 6.22. The maximum absolute atomic E-state index is 11.9. The number of fused-ring (bicyclic) bond motifs is 1. The third-order valence-corrected chi connectivity index (χ3v) is 5.95. The highest BCUT2D eigenvalue weighted by Gasteiger charge is 2.42. The van der Waals surface area contributed by atoms with Crippen molar-refractivity contribution in [2.45, 2.75) is 43.0 Å².